The number of aliphatic hydroxyl groups excluding tert-OH is 6. The van der Waals surface area contributed by atoms with Crippen molar-refractivity contribution < 1.29 is 44.8 Å². The summed E-state index contributed by atoms with van der Waals surface area (Å²) in [7, 11) is 0. The molecule has 0 unspecified atom stereocenters. The number of aliphatic hydroxyl groups is 6. The zero-order valence-electron chi connectivity index (χ0n) is 11.7. The minimum absolute atomic E-state index is 1.02. The molecule has 0 amide bonds. The van der Waals surface area contributed by atoms with Crippen LogP contribution in [-0.4, -0.2) is 92.1 Å². The SMILES string of the molecule is C[C@@H](O)[C@@H]1O[C@@H](O[C@@H]2[C@@H](O)[C@H](O)O[C@H]2[C@@H](C)O)[C@H](O)[C@H]1O. The molecule has 2 aliphatic heterocycles. The molecule has 0 spiro atoms. The van der Waals surface area contributed by atoms with Crippen molar-refractivity contribution in [3.63, 3.8) is 0 Å². The van der Waals surface area contributed by atoms with E-state index in [4.69, 9.17) is 14.2 Å². The molecule has 2 saturated heterocycles. The lowest BCUT2D eigenvalue weighted by Crippen LogP contribution is -2.45. The summed E-state index contributed by atoms with van der Waals surface area (Å²) in [6.45, 7) is 2.78. The number of hydrogen-bond acceptors (Lipinski definition) is 9. The highest BCUT2D eigenvalue weighted by molar-refractivity contribution is 4.94. The summed E-state index contributed by atoms with van der Waals surface area (Å²) in [6, 6.07) is 0. The van der Waals surface area contributed by atoms with Crippen LogP contribution in [0.4, 0.5) is 0 Å². The molecule has 10 atom stereocenters. The van der Waals surface area contributed by atoms with Gasteiger partial charge in [-0.15, -0.1) is 0 Å². The largest absolute Gasteiger partial charge is 0.391 e. The molecule has 2 rings (SSSR count). The van der Waals surface area contributed by atoms with E-state index >= 15 is 0 Å². The first kappa shape index (κ1) is 17.0. The van der Waals surface area contributed by atoms with Crippen LogP contribution >= 0.6 is 0 Å². The Morgan fingerprint density at radius 1 is 0.810 bits per heavy atom. The summed E-state index contributed by atoms with van der Waals surface area (Å²) in [4.78, 5) is 0. The highest BCUT2D eigenvalue weighted by Crippen LogP contribution is 2.31. The maximum absolute atomic E-state index is 9.86. The maximum Gasteiger partial charge on any atom is 0.187 e. The van der Waals surface area contributed by atoms with Crippen LogP contribution in [0.2, 0.25) is 0 Å². The first-order valence-corrected chi connectivity index (χ1v) is 6.78. The van der Waals surface area contributed by atoms with Gasteiger partial charge >= 0.3 is 0 Å². The van der Waals surface area contributed by atoms with E-state index < -0.39 is 61.4 Å². The minimum atomic E-state index is -1.54. The Morgan fingerprint density at radius 2 is 1.38 bits per heavy atom. The van der Waals surface area contributed by atoms with Crippen molar-refractivity contribution in [3.8, 4) is 0 Å². The van der Waals surface area contributed by atoms with E-state index in [1.165, 1.54) is 13.8 Å². The normalized spacial score (nSPS) is 50.3. The van der Waals surface area contributed by atoms with Crippen LogP contribution in [0.5, 0.6) is 0 Å². The maximum atomic E-state index is 9.86. The highest BCUT2D eigenvalue weighted by atomic mass is 16.7. The third kappa shape index (κ3) is 3.21. The van der Waals surface area contributed by atoms with Crippen molar-refractivity contribution in [2.24, 2.45) is 0 Å². The fourth-order valence-electron chi connectivity index (χ4n) is 2.56. The van der Waals surface area contributed by atoms with Crippen molar-refractivity contribution in [1.29, 1.82) is 0 Å². The van der Waals surface area contributed by atoms with Crippen molar-refractivity contribution >= 4 is 0 Å². The van der Waals surface area contributed by atoms with Gasteiger partial charge in [0.1, 0.15) is 36.6 Å². The average molecular weight is 310 g/mol. The lowest BCUT2D eigenvalue weighted by Gasteiger charge is -2.26. The van der Waals surface area contributed by atoms with Gasteiger partial charge in [0.05, 0.1) is 12.2 Å². The van der Waals surface area contributed by atoms with Gasteiger partial charge in [-0.1, -0.05) is 0 Å². The summed E-state index contributed by atoms with van der Waals surface area (Å²) >= 11 is 0. The lowest BCUT2D eigenvalue weighted by molar-refractivity contribution is -0.222. The van der Waals surface area contributed by atoms with Crippen molar-refractivity contribution in [1.82, 2.24) is 0 Å². The van der Waals surface area contributed by atoms with Crippen LogP contribution in [0.3, 0.4) is 0 Å². The smallest absolute Gasteiger partial charge is 0.187 e. The molecule has 2 aliphatic rings. The standard InChI is InChI=1S/C12H22O9/c1-3(13)8-5(15)6(16)12(20-8)21-10-7(17)11(18)19-9(10)4(2)14/h3-18H,1-2H3/t3-,4-,5-,6-,7-,8+,9+,10-,11-,12+/m1/s1. The zero-order valence-corrected chi connectivity index (χ0v) is 11.7. The van der Waals surface area contributed by atoms with E-state index in [1.807, 2.05) is 0 Å². The second kappa shape index (κ2) is 6.41. The van der Waals surface area contributed by atoms with Crippen LogP contribution in [0.1, 0.15) is 13.8 Å². The predicted molar refractivity (Wildman–Crippen MR) is 65.8 cm³/mol. The molecule has 2 heterocycles. The first-order chi connectivity index (χ1) is 9.73. The van der Waals surface area contributed by atoms with Crippen molar-refractivity contribution in [3.05, 3.63) is 0 Å². The van der Waals surface area contributed by atoms with Crippen LogP contribution in [-0.2, 0) is 14.2 Å². The van der Waals surface area contributed by atoms with E-state index in [9.17, 15) is 30.6 Å². The average Bonchev–Trinajstić information content (AvgIpc) is 2.84. The second-order valence-electron chi connectivity index (χ2n) is 5.51. The van der Waals surface area contributed by atoms with Gasteiger partial charge in [-0.2, -0.15) is 0 Å². The van der Waals surface area contributed by atoms with Crippen molar-refractivity contribution in [2.45, 2.75) is 75.3 Å². The summed E-state index contributed by atoms with van der Waals surface area (Å²) in [5, 5.41) is 57.9. The molecule has 0 radical (unpaired) electrons. The van der Waals surface area contributed by atoms with Gasteiger partial charge < -0.3 is 44.8 Å². The quantitative estimate of drug-likeness (QED) is 0.313. The summed E-state index contributed by atoms with van der Waals surface area (Å²) in [6.07, 6.45) is -12.4. The van der Waals surface area contributed by atoms with E-state index in [-0.39, 0.29) is 0 Å². The molecular weight excluding hydrogens is 288 g/mol. The topological polar surface area (TPSA) is 149 Å². The van der Waals surface area contributed by atoms with Crippen LogP contribution in [0.25, 0.3) is 0 Å². The van der Waals surface area contributed by atoms with Gasteiger partial charge in [-0.25, -0.2) is 0 Å². The molecule has 6 N–H and O–H groups in total. The van der Waals surface area contributed by atoms with Crippen LogP contribution < -0.4 is 0 Å². The molecule has 9 heteroatoms. The molecule has 124 valence electrons. The van der Waals surface area contributed by atoms with E-state index in [0.717, 1.165) is 0 Å². The minimum Gasteiger partial charge on any atom is -0.391 e. The van der Waals surface area contributed by atoms with Gasteiger partial charge in [0.25, 0.3) is 0 Å². The van der Waals surface area contributed by atoms with Gasteiger partial charge in [0.2, 0.25) is 0 Å². The van der Waals surface area contributed by atoms with Gasteiger partial charge in [0, 0.05) is 0 Å². The predicted octanol–water partition coefficient (Wildman–Crippen LogP) is -3.34. The van der Waals surface area contributed by atoms with E-state index in [1.54, 1.807) is 0 Å². The Hall–Kier alpha value is -0.360. The zero-order chi connectivity index (χ0) is 15.9. The highest BCUT2D eigenvalue weighted by Gasteiger charge is 2.52. The molecule has 0 aromatic rings. The third-order valence-corrected chi connectivity index (χ3v) is 3.75. The molecule has 0 aromatic heterocycles. The molecule has 21 heavy (non-hydrogen) atoms. The van der Waals surface area contributed by atoms with Crippen molar-refractivity contribution in [2.75, 3.05) is 0 Å². The fourth-order valence-corrected chi connectivity index (χ4v) is 2.56. The molecular formula is C12H22O9. The molecule has 0 saturated carbocycles. The monoisotopic (exact) mass is 310 g/mol. The summed E-state index contributed by atoms with van der Waals surface area (Å²) in [5.41, 5.74) is 0. The number of ether oxygens (including phenoxy) is 3. The molecule has 0 aromatic carbocycles. The van der Waals surface area contributed by atoms with Crippen LogP contribution in [0, 0.1) is 0 Å². The fraction of sp³-hybridized carbons (Fsp3) is 1.00. The van der Waals surface area contributed by atoms with Gasteiger partial charge in [-0.05, 0) is 13.8 Å². The summed E-state index contributed by atoms with van der Waals surface area (Å²) in [5.74, 6) is 0. The number of hydrogen-bond donors (Lipinski definition) is 6. The number of rotatable bonds is 4. The van der Waals surface area contributed by atoms with Crippen LogP contribution in [0.15, 0.2) is 0 Å². The third-order valence-electron chi connectivity index (χ3n) is 3.75. The first-order valence-electron chi connectivity index (χ1n) is 6.78. The second-order valence-corrected chi connectivity index (χ2v) is 5.51. The summed E-state index contributed by atoms with van der Waals surface area (Å²) < 4.78 is 15.5. The Kier molecular flexibility index (Phi) is 5.19. The molecule has 2 fully saturated rings. The molecule has 9 nitrogen and oxygen atoms in total. The van der Waals surface area contributed by atoms with Gasteiger partial charge in [0.15, 0.2) is 12.6 Å². The Balaban J connectivity index is 2.06. The Bertz CT molecular complexity index is 350. The lowest BCUT2D eigenvalue weighted by atomic mass is 10.1. The van der Waals surface area contributed by atoms with Gasteiger partial charge in [-0.3, -0.25) is 0 Å². The molecule has 0 aliphatic carbocycles. The van der Waals surface area contributed by atoms with E-state index in [2.05, 4.69) is 0 Å². The van der Waals surface area contributed by atoms with E-state index in [0.29, 0.717) is 0 Å². The Morgan fingerprint density at radius 3 is 1.86 bits per heavy atom. The molecule has 0 bridgehead atoms. The Labute approximate surface area is 121 Å².